The van der Waals surface area contributed by atoms with Crippen LogP contribution in [0.1, 0.15) is 26.2 Å². The van der Waals surface area contributed by atoms with Crippen molar-refractivity contribution in [1.82, 2.24) is 30.0 Å². The molecule has 3 aliphatic rings. The Balaban J connectivity index is 1.33. The van der Waals surface area contributed by atoms with Gasteiger partial charge in [0.25, 0.3) is 0 Å². The van der Waals surface area contributed by atoms with E-state index in [1.807, 2.05) is 11.8 Å². The highest BCUT2D eigenvalue weighted by Gasteiger charge is 2.55. The molecule has 3 aliphatic heterocycles. The van der Waals surface area contributed by atoms with Gasteiger partial charge in [0, 0.05) is 59.0 Å². The van der Waals surface area contributed by atoms with Gasteiger partial charge < -0.3 is 19.4 Å². The Hall–Kier alpha value is -3.83. The summed E-state index contributed by atoms with van der Waals surface area (Å²) in [5, 5.41) is 7.86. The predicted molar refractivity (Wildman–Crippen MR) is 161 cm³/mol. The van der Waals surface area contributed by atoms with E-state index in [4.69, 9.17) is 21.3 Å². The molecule has 5 heterocycles. The van der Waals surface area contributed by atoms with Gasteiger partial charge >= 0.3 is 6.01 Å². The number of carbonyl (C=O) groups is 1. The molecule has 0 aliphatic carbocycles. The Labute approximate surface area is 252 Å². The fourth-order valence-corrected chi connectivity index (χ4v) is 7.33. The molecule has 2 unspecified atom stereocenters. The molecule has 3 saturated heterocycles. The largest absolute Gasteiger partial charge is 0.462 e. The summed E-state index contributed by atoms with van der Waals surface area (Å²) in [5.41, 5.74) is 0.114. The Morgan fingerprint density at radius 2 is 2.09 bits per heavy atom. The third-order valence-corrected chi connectivity index (χ3v) is 10.0. The lowest BCUT2D eigenvalue weighted by Crippen LogP contribution is -2.65. The van der Waals surface area contributed by atoms with Crippen molar-refractivity contribution in [2.75, 3.05) is 44.7 Å². The summed E-state index contributed by atoms with van der Waals surface area (Å²) < 4.78 is 38.0. The molecule has 1 spiro atoms. The minimum absolute atomic E-state index is 0.00108. The molecular weight excluding hydrogens is 576 g/mol. The molecular formula is C31H32ClF2N7O2. The standard InChI is InChI=1S/C31H32ClF2N7O2/c1-4-23(42)41-16-31(17(41)2)9-11-40(15-31)29-20-12-21(32)24(25-22(33)8-7-18-13-35-38-27(18)25)26(34)28(20)36-30(37-29)43-14-19-6-5-10-39(19)3/h4,7-8,12-13,17,19H,1,5-6,9-11,14-16H2,2-3H3,(H,35,38)/t17?,19-,31?/m0/s1. The number of amides is 1. The van der Waals surface area contributed by atoms with Crippen LogP contribution >= 0.6 is 11.6 Å². The van der Waals surface area contributed by atoms with Crippen molar-refractivity contribution in [2.24, 2.45) is 5.41 Å². The third-order valence-electron chi connectivity index (χ3n) is 9.72. The predicted octanol–water partition coefficient (Wildman–Crippen LogP) is 5.19. The van der Waals surface area contributed by atoms with Crippen LogP contribution in [0.3, 0.4) is 0 Å². The summed E-state index contributed by atoms with van der Waals surface area (Å²) in [6, 6.07) is 4.74. The number of likely N-dealkylation sites (N-methyl/N-ethyl adjacent to an activating group) is 1. The zero-order chi connectivity index (χ0) is 30.0. The summed E-state index contributed by atoms with van der Waals surface area (Å²) in [4.78, 5) is 27.8. The van der Waals surface area contributed by atoms with E-state index >= 15 is 8.78 Å². The highest BCUT2D eigenvalue weighted by Crippen LogP contribution is 2.48. The zero-order valence-electron chi connectivity index (χ0n) is 24.0. The van der Waals surface area contributed by atoms with Crippen molar-refractivity contribution in [2.45, 2.75) is 38.3 Å². The van der Waals surface area contributed by atoms with Crippen LogP contribution in [0.15, 0.2) is 37.1 Å². The number of anilines is 1. The Morgan fingerprint density at radius 3 is 2.84 bits per heavy atom. The van der Waals surface area contributed by atoms with Crippen molar-refractivity contribution < 1.29 is 18.3 Å². The van der Waals surface area contributed by atoms with Crippen LogP contribution < -0.4 is 9.64 Å². The quantitative estimate of drug-likeness (QED) is 0.302. The molecule has 0 radical (unpaired) electrons. The summed E-state index contributed by atoms with van der Waals surface area (Å²) in [6.07, 6.45) is 5.80. The minimum Gasteiger partial charge on any atom is -0.462 e. The van der Waals surface area contributed by atoms with Gasteiger partial charge in [0.1, 0.15) is 23.8 Å². The number of hydrogen-bond acceptors (Lipinski definition) is 7. The number of rotatable bonds is 6. The summed E-state index contributed by atoms with van der Waals surface area (Å²) in [6.45, 7) is 8.91. The number of likely N-dealkylation sites (tertiary alicyclic amines) is 2. The van der Waals surface area contributed by atoms with Crippen LogP contribution in [0, 0.1) is 17.0 Å². The van der Waals surface area contributed by atoms with Gasteiger partial charge in [-0.3, -0.25) is 9.89 Å². The number of ether oxygens (including phenoxy) is 1. The first-order chi connectivity index (χ1) is 20.7. The number of nitrogens with zero attached hydrogens (tertiary/aromatic N) is 6. The van der Waals surface area contributed by atoms with Crippen LogP contribution in [-0.4, -0.2) is 87.8 Å². The number of aromatic nitrogens is 4. The molecule has 0 saturated carbocycles. The molecule has 3 atom stereocenters. The fourth-order valence-electron chi connectivity index (χ4n) is 7.05. The normalized spacial score (nSPS) is 23.9. The van der Waals surface area contributed by atoms with E-state index in [0.717, 1.165) is 25.8 Å². The maximum atomic E-state index is 16.6. The van der Waals surface area contributed by atoms with E-state index in [1.54, 1.807) is 18.3 Å². The second kappa shape index (κ2) is 10.4. The second-order valence-corrected chi connectivity index (χ2v) is 12.4. The van der Waals surface area contributed by atoms with E-state index in [-0.39, 0.29) is 51.1 Å². The lowest BCUT2D eigenvalue weighted by molar-refractivity contribution is -0.145. The number of carbonyl (C=O) groups excluding carboxylic acids is 1. The Kier molecular flexibility index (Phi) is 6.77. The second-order valence-electron chi connectivity index (χ2n) is 12.0. The van der Waals surface area contributed by atoms with Crippen LogP contribution in [0.25, 0.3) is 32.9 Å². The highest BCUT2D eigenvalue weighted by atomic mass is 35.5. The first-order valence-electron chi connectivity index (χ1n) is 14.5. The zero-order valence-corrected chi connectivity index (χ0v) is 24.8. The molecule has 12 heteroatoms. The molecule has 43 heavy (non-hydrogen) atoms. The summed E-state index contributed by atoms with van der Waals surface area (Å²) >= 11 is 6.75. The Morgan fingerprint density at radius 1 is 1.26 bits per heavy atom. The molecule has 2 aromatic heterocycles. The van der Waals surface area contributed by atoms with E-state index in [9.17, 15) is 4.79 Å². The van der Waals surface area contributed by atoms with Gasteiger partial charge in [0.05, 0.1) is 16.7 Å². The number of aromatic amines is 1. The van der Waals surface area contributed by atoms with Crippen LogP contribution in [-0.2, 0) is 4.79 Å². The van der Waals surface area contributed by atoms with Crippen molar-refractivity contribution in [3.8, 4) is 17.1 Å². The first-order valence-corrected chi connectivity index (χ1v) is 14.9. The molecule has 4 aromatic rings. The SMILES string of the molecule is C=CC(=O)N1CC2(CCN(c3nc(OC[C@@H]4CCCN4C)nc4c(F)c(-c5c(F)ccc6cn[nH]c56)c(Cl)cc34)C2)C1C. The number of hydrogen-bond donors (Lipinski definition) is 1. The lowest BCUT2D eigenvalue weighted by Gasteiger charge is -2.54. The van der Waals surface area contributed by atoms with E-state index in [2.05, 4.69) is 38.6 Å². The van der Waals surface area contributed by atoms with Gasteiger partial charge in [0.15, 0.2) is 5.82 Å². The van der Waals surface area contributed by atoms with Gasteiger partial charge in [-0.2, -0.15) is 15.1 Å². The Bertz CT molecular complexity index is 1780. The molecule has 1 N–H and O–H groups in total. The molecule has 9 nitrogen and oxygen atoms in total. The average molecular weight is 608 g/mol. The molecule has 0 bridgehead atoms. The van der Waals surface area contributed by atoms with Crippen LogP contribution in [0.2, 0.25) is 5.02 Å². The lowest BCUT2D eigenvalue weighted by atomic mass is 9.71. The van der Waals surface area contributed by atoms with E-state index < -0.39 is 11.6 Å². The van der Waals surface area contributed by atoms with Crippen molar-refractivity contribution in [1.29, 1.82) is 0 Å². The van der Waals surface area contributed by atoms with Crippen molar-refractivity contribution >= 4 is 45.1 Å². The first kappa shape index (κ1) is 28.0. The van der Waals surface area contributed by atoms with Gasteiger partial charge in [0.2, 0.25) is 5.91 Å². The molecule has 1 amide bonds. The monoisotopic (exact) mass is 607 g/mol. The summed E-state index contributed by atoms with van der Waals surface area (Å²) in [5.74, 6) is -0.975. The maximum Gasteiger partial charge on any atom is 0.319 e. The van der Waals surface area contributed by atoms with Gasteiger partial charge in [-0.1, -0.05) is 18.2 Å². The van der Waals surface area contributed by atoms with Crippen LogP contribution in [0.4, 0.5) is 14.6 Å². The van der Waals surface area contributed by atoms with E-state index in [0.29, 0.717) is 48.3 Å². The van der Waals surface area contributed by atoms with Gasteiger partial charge in [-0.15, -0.1) is 0 Å². The highest BCUT2D eigenvalue weighted by molar-refractivity contribution is 6.35. The van der Waals surface area contributed by atoms with Crippen LogP contribution in [0.5, 0.6) is 6.01 Å². The molecule has 2 aromatic carbocycles. The van der Waals surface area contributed by atoms with E-state index in [1.165, 1.54) is 12.1 Å². The molecule has 3 fully saturated rings. The average Bonchev–Trinajstić information content (AvgIpc) is 3.76. The fraction of sp³-hybridized carbons (Fsp3) is 0.419. The van der Waals surface area contributed by atoms with Crippen molar-refractivity contribution in [3.05, 3.63) is 53.7 Å². The third kappa shape index (κ3) is 4.43. The molecule has 224 valence electrons. The summed E-state index contributed by atoms with van der Waals surface area (Å²) in [7, 11) is 2.05. The minimum atomic E-state index is -0.760. The topological polar surface area (TPSA) is 90.5 Å². The van der Waals surface area contributed by atoms with Gasteiger partial charge in [-0.05, 0) is 64.1 Å². The number of benzene rings is 2. The smallest absolute Gasteiger partial charge is 0.319 e. The number of halogens is 3. The maximum absolute atomic E-state index is 16.6. The number of H-pyrrole nitrogens is 1. The van der Waals surface area contributed by atoms with Crippen molar-refractivity contribution in [3.63, 3.8) is 0 Å². The van der Waals surface area contributed by atoms with Gasteiger partial charge in [-0.25, -0.2) is 8.78 Å². The molecule has 7 rings (SSSR count). The number of fused-ring (bicyclic) bond motifs is 2. The number of nitrogens with one attached hydrogen (secondary N) is 1.